The van der Waals surface area contributed by atoms with Crippen LogP contribution in [0.25, 0.3) is 0 Å². The largest absolute Gasteiger partial charge is 0.493 e. The van der Waals surface area contributed by atoms with Crippen molar-refractivity contribution in [3.05, 3.63) is 23.8 Å². The lowest BCUT2D eigenvalue weighted by molar-refractivity contribution is 0.0744. The van der Waals surface area contributed by atoms with Crippen LogP contribution in [0.4, 0.5) is 0 Å². The molecule has 1 aliphatic carbocycles. The number of rotatable bonds is 5. The van der Waals surface area contributed by atoms with Gasteiger partial charge in [0.1, 0.15) is 0 Å². The van der Waals surface area contributed by atoms with Crippen LogP contribution in [-0.2, 0) is 0 Å². The average Bonchev–Trinajstić information content (AvgIpc) is 2.43. The van der Waals surface area contributed by atoms with Crippen LogP contribution in [0.15, 0.2) is 18.2 Å². The predicted octanol–water partition coefficient (Wildman–Crippen LogP) is 2.95. The third kappa shape index (κ3) is 3.08. The summed E-state index contributed by atoms with van der Waals surface area (Å²) in [6.07, 6.45) is 2.26. The first-order chi connectivity index (χ1) is 9.56. The zero-order chi connectivity index (χ0) is 14.7. The fourth-order valence-corrected chi connectivity index (χ4v) is 3.59. The number of benzene rings is 1. The zero-order valence-corrected chi connectivity index (χ0v) is 13.6. The number of ether oxygens (including phenoxy) is 2. The molecule has 2 rings (SSSR count). The predicted molar refractivity (Wildman–Crippen MR) is 81.9 cm³/mol. The maximum absolute atomic E-state index is 12.5. The first-order valence-electron chi connectivity index (χ1n) is 6.67. The minimum Gasteiger partial charge on any atom is -0.493 e. The monoisotopic (exact) mass is 341 g/mol. The minimum absolute atomic E-state index is 0.0289. The zero-order valence-electron chi connectivity index (χ0n) is 12.1. The molecule has 1 amide bonds. The fourth-order valence-electron chi connectivity index (χ4n) is 2.53. The Bertz CT molecular complexity index is 486. The van der Waals surface area contributed by atoms with E-state index in [2.05, 4.69) is 15.9 Å². The van der Waals surface area contributed by atoms with Crippen molar-refractivity contribution in [1.82, 2.24) is 4.90 Å². The number of alkyl halides is 1. The molecule has 20 heavy (non-hydrogen) atoms. The summed E-state index contributed by atoms with van der Waals surface area (Å²) in [5.41, 5.74) is 0.545. The standard InChI is InChI=1S/C15H20BrNO3/c1-17(9-10-7-11(16)8-10)15(18)12-5-4-6-13(19-2)14(12)20-3/h4-6,10-11H,7-9H2,1-3H3. The number of hydrogen-bond acceptors (Lipinski definition) is 3. The van der Waals surface area contributed by atoms with Crippen LogP contribution in [0, 0.1) is 5.92 Å². The molecule has 1 aromatic rings. The summed E-state index contributed by atoms with van der Waals surface area (Å²) in [5, 5.41) is 0. The second-order valence-electron chi connectivity index (χ2n) is 5.16. The smallest absolute Gasteiger partial charge is 0.257 e. The molecule has 0 aromatic heterocycles. The van der Waals surface area contributed by atoms with Crippen LogP contribution < -0.4 is 9.47 Å². The Balaban J connectivity index is 2.11. The van der Waals surface area contributed by atoms with Gasteiger partial charge in [-0.15, -0.1) is 0 Å². The summed E-state index contributed by atoms with van der Waals surface area (Å²) in [4.78, 5) is 14.9. The Morgan fingerprint density at radius 2 is 2.05 bits per heavy atom. The molecule has 0 N–H and O–H groups in total. The topological polar surface area (TPSA) is 38.8 Å². The highest BCUT2D eigenvalue weighted by atomic mass is 79.9. The lowest BCUT2D eigenvalue weighted by Gasteiger charge is -2.34. The van der Waals surface area contributed by atoms with Crippen molar-refractivity contribution in [2.24, 2.45) is 5.92 Å². The molecule has 0 spiro atoms. The second kappa shape index (κ2) is 6.48. The van der Waals surface area contributed by atoms with E-state index in [9.17, 15) is 4.79 Å². The third-order valence-electron chi connectivity index (χ3n) is 3.69. The second-order valence-corrected chi connectivity index (χ2v) is 6.46. The summed E-state index contributed by atoms with van der Waals surface area (Å²) in [6, 6.07) is 5.37. The number of para-hydroxylation sites is 1. The van der Waals surface area contributed by atoms with E-state index in [1.165, 1.54) is 0 Å². The number of methoxy groups -OCH3 is 2. The molecule has 0 saturated heterocycles. The van der Waals surface area contributed by atoms with Crippen molar-refractivity contribution in [1.29, 1.82) is 0 Å². The number of hydrogen-bond donors (Lipinski definition) is 0. The van der Waals surface area contributed by atoms with E-state index in [0.717, 1.165) is 19.4 Å². The molecule has 0 unspecified atom stereocenters. The maximum atomic E-state index is 12.5. The summed E-state index contributed by atoms with van der Waals surface area (Å²) in [6.45, 7) is 0.779. The molecule has 1 aromatic carbocycles. The van der Waals surface area contributed by atoms with E-state index in [1.807, 2.05) is 7.05 Å². The highest BCUT2D eigenvalue weighted by molar-refractivity contribution is 9.09. The van der Waals surface area contributed by atoms with Gasteiger partial charge in [-0.05, 0) is 30.9 Å². The number of nitrogens with zero attached hydrogens (tertiary/aromatic N) is 1. The summed E-state index contributed by atoms with van der Waals surface area (Å²) < 4.78 is 10.6. The van der Waals surface area contributed by atoms with Gasteiger partial charge in [-0.2, -0.15) is 0 Å². The number of carbonyl (C=O) groups is 1. The molecule has 0 radical (unpaired) electrons. The summed E-state index contributed by atoms with van der Waals surface area (Å²) in [5.74, 6) is 1.64. The molecule has 1 fully saturated rings. The molecule has 1 saturated carbocycles. The van der Waals surface area contributed by atoms with Gasteiger partial charge in [0.15, 0.2) is 11.5 Å². The van der Waals surface area contributed by atoms with Gasteiger partial charge in [0.2, 0.25) is 0 Å². The molecule has 1 aliphatic rings. The van der Waals surface area contributed by atoms with Crippen molar-refractivity contribution in [3.63, 3.8) is 0 Å². The van der Waals surface area contributed by atoms with Gasteiger partial charge in [-0.25, -0.2) is 0 Å². The Morgan fingerprint density at radius 3 is 2.60 bits per heavy atom. The van der Waals surface area contributed by atoms with E-state index < -0.39 is 0 Å². The number of halogens is 1. The Morgan fingerprint density at radius 1 is 1.35 bits per heavy atom. The van der Waals surface area contributed by atoms with Crippen molar-refractivity contribution in [2.75, 3.05) is 27.8 Å². The van der Waals surface area contributed by atoms with E-state index in [0.29, 0.717) is 27.8 Å². The van der Waals surface area contributed by atoms with Gasteiger partial charge >= 0.3 is 0 Å². The van der Waals surface area contributed by atoms with Crippen LogP contribution in [-0.4, -0.2) is 43.4 Å². The molecule has 0 heterocycles. The first-order valence-corrected chi connectivity index (χ1v) is 7.59. The van der Waals surface area contributed by atoms with Crippen LogP contribution in [0.3, 0.4) is 0 Å². The first kappa shape index (κ1) is 15.2. The number of carbonyl (C=O) groups excluding carboxylic acids is 1. The van der Waals surface area contributed by atoms with Crippen LogP contribution >= 0.6 is 15.9 Å². The van der Waals surface area contributed by atoms with Crippen LogP contribution in [0.1, 0.15) is 23.2 Å². The van der Waals surface area contributed by atoms with Crippen molar-refractivity contribution in [3.8, 4) is 11.5 Å². The highest BCUT2D eigenvalue weighted by Crippen LogP contribution is 2.35. The molecule has 4 nitrogen and oxygen atoms in total. The molecule has 110 valence electrons. The van der Waals surface area contributed by atoms with Gasteiger partial charge in [-0.3, -0.25) is 4.79 Å². The van der Waals surface area contributed by atoms with Crippen LogP contribution in [0.2, 0.25) is 0 Å². The maximum Gasteiger partial charge on any atom is 0.257 e. The minimum atomic E-state index is -0.0289. The molecular formula is C15H20BrNO3. The van der Waals surface area contributed by atoms with Gasteiger partial charge in [-0.1, -0.05) is 22.0 Å². The molecule has 0 atom stereocenters. The van der Waals surface area contributed by atoms with Gasteiger partial charge in [0.05, 0.1) is 19.8 Å². The average molecular weight is 342 g/mol. The summed E-state index contributed by atoms with van der Waals surface area (Å²) in [7, 11) is 4.96. The van der Waals surface area contributed by atoms with Gasteiger partial charge in [0.25, 0.3) is 5.91 Å². The Hall–Kier alpha value is -1.23. The van der Waals surface area contributed by atoms with E-state index >= 15 is 0 Å². The fraction of sp³-hybridized carbons (Fsp3) is 0.533. The van der Waals surface area contributed by atoms with Crippen molar-refractivity contribution < 1.29 is 14.3 Å². The number of amides is 1. The van der Waals surface area contributed by atoms with Gasteiger partial charge < -0.3 is 14.4 Å². The van der Waals surface area contributed by atoms with E-state index in [1.54, 1.807) is 37.3 Å². The lowest BCUT2D eigenvalue weighted by Crippen LogP contribution is -2.37. The molecular weight excluding hydrogens is 322 g/mol. The Kier molecular flexibility index (Phi) is 4.91. The highest BCUT2D eigenvalue weighted by Gasteiger charge is 2.29. The van der Waals surface area contributed by atoms with E-state index in [4.69, 9.17) is 9.47 Å². The Labute approximate surface area is 128 Å². The van der Waals surface area contributed by atoms with Crippen LogP contribution in [0.5, 0.6) is 11.5 Å². The lowest BCUT2D eigenvalue weighted by atomic mass is 9.85. The normalized spacial score (nSPS) is 21.0. The van der Waals surface area contributed by atoms with Crippen molar-refractivity contribution >= 4 is 21.8 Å². The SMILES string of the molecule is COc1cccc(C(=O)N(C)CC2CC(Br)C2)c1OC. The summed E-state index contributed by atoms with van der Waals surface area (Å²) >= 11 is 3.57. The molecule has 0 aliphatic heterocycles. The van der Waals surface area contributed by atoms with E-state index in [-0.39, 0.29) is 5.91 Å². The third-order valence-corrected chi connectivity index (χ3v) is 4.44. The van der Waals surface area contributed by atoms with Gasteiger partial charge in [0, 0.05) is 18.4 Å². The quantitative estimate of drug-likeness (QED) is 0.773. The molecule has 0 bridgehead atoms. The van der Waals surface area contributed by atoms with Crippen molar-refractivity contribution in [2.45, 2.75) is 17.7 Å². The molecule has 5 heteroatoms.